The smallest absolute Gasteiger partial charge is 0.251 e. The van der Waals surface area contributed by atoms with Crippen LogP contribution in [0.4, 0.5) is 11.4 Å². The Kier molecular flexibility index (Phi) is 7.44. The van der Waals surface area contributed by atoms with Gasteiger partial charge in [-0.15, -0.1) is 0 Å². The molecule has 0 saturated carbocycles. The standard InChI is InChI=1S/C26H29N3O2/c1-18(2)23-11-7-8-12-24(23)27-17-25(30)29-22-15-13-21(14-16-22)26(31)28-19(3)20-9-5-4-6-10-20/h4-16,18-19,27H,17H2,1-3H3,(H,28,31)(H,29,30). The molecule has 0 spiro atoms. The second-order valence-electron chi connectivity index (χ2n) is 7.83. The van der Waals surface area contributed by atoms with Crippen molar-refractivity contribution in [1.82, 2.24) is 5.32 Å². The van der Waals surface area contributed by atoms with Gasteiger partial charge in [0.05, 0.1) is 12.6 Å². The average Bonchev–Trinajstić information content (AvgIpc) is 2.78. The van der Waals surface area contributed by atoms with Gasteiger partial charge in [0.2, 0.25) is 5.91 Å². The summed E-state index contributed by atoms with van der Waals surface area (Å²) < 4.78 is 0. The van der Waals surface area contributed by atoms with E-state index in [1.807, 2.05) is 55.5 Å². The fraction of sp³-hybridized carbons (Fsp3) is 0.231. The number of benzene rings is 3. The van der Waals surface area contributed by atoms with Crippen molar-refractivity contribution in [2.24, 2.45) is 0 Å². The van der Waals surface area contributed by atoms with Crippen LogP contribution in [0.5, 0.6) is 0 Å². The van der Waals surface area contributed by atoms with Gasteiger partial charge in [-0.3, -0.25) is 9.59 Å². The molecule has 5 nitrogen and oxygen atoms in total. The molecule has 0 radical (unpaired) electrons. The quantitative estimate of drug-likeness (QED) is 0.464. The van der Waals surface area contributed by atoms with Crippen molar-refractivity contribution in [1.29, 1.82) is 0 Å². The fourth-order valence-electron chi connectivity index (χ4n) is 3.35. The van der Waals surface area contributed by atoms with E-state index < -0.39 is 0 Å². The van der Waals surface area contributed by atoms with E-state index in [0.717, 1.165) is 11.3 Å². The van der Waals surface area contributed by atoms with Crippen molar-refractivity contribution < 1.29 is 9.59 Å². The number of hydrogen-bond donors (Lipinski definition) is 3. The molecular weight excluding hydrogens is 386 g/mol. The molecule has 0 aromatic heterocycles. The van der Waals surface area contributed by atoms with E-state index in [1.165, 1.54) is 5.56 Å². The summed E-state index contributed by atoms with van der Waals surface area (Å²) in [5, 5.41) is 9.05. The maximum atomic E-state index is 12.5. The monoisotopic (exact) mass is 415 g/mol. The van der Waals surface area contributed by atoms with Crippen LogP contribution in [0.15, 0.2) is 78.9 Å². The van der Waals surface area contributed by atoms with Crippen LogP contribution in [0.1, 0.15) is 54.2 Å². The summed E-state index contributed by atoms with van der Waals surface area (Å²) in [5.74, 6) is 0.0738. The molecule has 3 aromatic carbocycles. The number of amides is 2. The molecule has 5 heteroatoms. The molecule has 160 valence electrons. The number of anilines is 2. The number of carbonyl (C=O) groups excluding carboxylic acids is 2. The lowest BCUT2D eigenvalue weighted by molar-refractivity contribution is -0.114. The lowest BCUT2D eigenvalue weighted by Gasteiger charge is -2.15. The number of para-hydroxylation sites is 1. The molecule has 0 aliphatic heterocycles. The van der Waals surface area contributed by atoms with Crippen molar-refractivity contribution in [3.8, 4) is 0 Å². The summed E-state index contributed by atoms with van der Waals surface area (Å²) in [6, 6.07) is 24.6. The Labute approximate surface area is 183 Å². The molecule has 1 unspecified atom stereocenters. The average molecular weight is 416 g/mol. The summed E-state index contributed by atoms with van der Waals surface area (Å²) in [6.45, 7) is 6.37. The van der Waals surface area contributed by atoms with Crippen LogP contribution < -0.4 is 16.0 Å². The Morgan fingerprint density at radius 1 is 0.806 bits per heavy atom. The van der Waals surface area contributed by atoms with E-state index in [2.05, 4.69) is 35.9 Å². The summed E-state index contributed by atoms with van der Waals surface area (Å²) in [5.41, 5.74) is 4.38. The second kappa shape index (κ2) is 10.4. The van der Waals surface area contributed by atoms with Crippen molar-refractivity contribution in [3.05, 3.63) is 95.6 Å². The van der Waals surface area contributed by atoms with Crippen LogP contribution in [0.2, 0.25) is 0 Å². The first-order valence-electron chi connectivity index (χ1n) is 10.5. The molecular formula is C26H29N3O2. The minimum absolute atomic E-state index is 0.0899. The maximum Gasteiger partial charge on any atom is 0.251 e. The number of hydrogen-bond acceptors (Lipinski definition) is 3. The van der Waals surface area contributed by atoms with E-state index in [0.29, 0.717) is 17.2 Å². The minimum atomic E-state index is -0.152. The lowest BCUT2D eigenvalue weighted by Crippen LogP contribution is -2.26. The van der Waals surface area contributed by atoms with Gasteiger partial charge in [0.25, 0.3) is 5.91 Å². The molecule has 3 N–H and O–H groups in total. The Morgan fingerprint density at radius 2 is 1.45 bits per heavy atom. The van der Waals surface area contributed by atoms with Crippen LogP contribution in [-0.4, -0.2) is 18.4 Å². The van der Waals surface area contributed by atoms with E-state index in [-0.39, 0.29) is 24.4 Å². The van der Waals surface area contributed by atoms with Crippen molar-refractivity contribution in [3.63, 3.8) is 0 Å². The van der Waals surface area contributed by atoms with Gasteiger partial charge in [0.1, 0.15) is 0 Å². The first-order valence-corrected chi connectivity index (χ1v) is 10.5. The SMILES string of the molecule is CC(C)c1ccccc1NCC(=O)Nc1ccc(C(=O)NC(C)c2ccccc2)cc1. The highest BCUT2D eigenvalue weighted by molar-refractivity contribution is 5.96. The predicted octanol–water partition coefficient (Wildman–Crippen LogP) is 5.35. The lowest BCUT2D eigenvalue weighted by atomic mass is 10.0. The predicted molar refractivity (Wildman–Crippen MR) is 126 cm³/mol. The summed E-state index contributed by atoms with van der Waals surface area (Å²) in [7, 11) is 0. The third-order valence-electron chi connectivity index (χ3n) is 5.10. The molecule has 0 bridgehead atoms. The highest BCUT2D eigenvalue weighted by Gasteiger charge is 2.12. The molecule has 0 saturated heterocycles. The van der Waals surface area contributed by atoms with Crippen molar-refractivity contribution >= 4 is 23.2 Å². The van der Waals surface area contributed by atoms with E-state index in [9.17, 15) is 9.59 Å². The first-order chi connectivity index (χ1) is 14.9. The topological polar surface area (TPSA) is 70.2 Å². The maximum absolute atomic E-state index is 12.5. The minimum Gasteiger partial charge on any atom is -0.376 e. The molecule has 2 amide bonds. The Hall–Kier alpha value is -3.60. The summed E-state index contributed by atoms with van der Waals surface area (Å²) in [4.78, 5) is 24.8. The number of carbonyl (C=O) groups is 2. The zero-order chi connectivity index (χ0) is 22.2. The van der Waals surface area contributed by atoms with Gasteiger partial charge < -0.3 is 16.0 Å². The van der Waals surface area contributed by atoms with Crippen LogP contribution in [0.25, 0.3) is 0 Å². The zero-order valence-electron chi connectivity index (χ0n) is 18.2. The highest BCUT2D eigenvalue weighted by Crippen LogP contribution is 2.23. The van der Waals surface area contributed by atoms with Gasteiger partial charge in [-0.05, 0) is 54.3 Å². The number of rotatable bonds is 8. The fourth-order valence-corrected chi connectivity index (χ4v) is 3.35. The van der Waals surface area contributed by atoms with Crippen LogP contribution in [0, 0.1) is 0 Å². The van der Waals surface area contributed by atoms with E-state index in [4.69, 9.17) is 0 Å². The van der Waals surface area contributed by atoms with Gasteiger partial charge in [0, 0.05) is 16.9 Å². The third kappa shape index (κ3) is 6.19. The van der Waals surface area contributed by atoms with E-state index >= 15 is 0 Å². The van der Waals surface area contributed by atoms with Crippen LogP contribution in [-0.2, 0) is 4.79 Å². The zero-order valence-corrected chi connectivity index (χ0v) is 18.2. The van der Waals surface area contributed by atoms with Gasteiger partial charge >= 0.3 is 0 Å². The normalized spacial score (nSPS) is 11.6. The Balaban J connectivity index is 1.53. The third-order valence-corrected chi connectivity index (χ3v) is 5.10. The van der Waals surface area contributed by atoms with Crippen molar-refractivity contribution in [2.45, 2.75) is 32.7 Å². The highest BCUT2D eigenvalue weighted by atomic mass is 16.2. The van der Waals surface area contributed by atoms with E-state index in [1.54, 1.807) is 24.3 Å². The second-order valence-corrected chi connectivity index (χ2v) is 7.83. The summed E-state index contributed by atoms with van der Waals surface area (Å²) >= 11 is 0. The molecule has 3 aromatic rings. The Morgan fingerprint density at radius 3 is 2.13 bits per heavy atom. The molecule has 3 rings (SSSR count). The largest absolute Gasteiger partial charge is 0.376 e. The first kappa shape index (κ1) is 22.1. The van der Waals surface area contributed by atoms with Crippen LogP contribution >= 0.6 is 0 Å². The summed E-state index contributed by atoms with van der Waals surface area (Å²) in [6.07, 6.45) is 0. The number of nitrogens with one attached hydrogen (secondary N) is 3. The van der Waals surface area contributed by atoms with Gasteiger partial charge in [0.15, 0.2) is 0 Å². The molecule has 31 heavy (non-hydrogen) atoms. The Bertz CT molecular complexity index is 1010. The molecule has 0 heterocycles. The molecule has 0 aliphatic rings. The molecule has 0 fully saturated rings. The van der Waals surface area contributed by atoms with Crippen LogP contribution in [0.3, 0.4) is 0 Å². The van der Waals surface area contributed by atoms with Crippen molar-refractivity contribution in [2.75, 3.05) is 17.2 Å². The van der Waals surface area contributed by atoms with Gasteiger partial charge in [-0.25, -0.2) is 0 Å². The molecule has 0 aliphatic carbocycles. The molecule has 1 atom stereocenters. The van der Waals surface area contributed by atoms with Gasteiger partial charge in [-0.1, -0.05) is 62.4 Å². The van der Waals surface area contributed by atoms with Gasteiger partial charge in [-0.2, -0.15) is 0 Å².